The number of carbonyl (C=O) groups is 2. The van der Waals surface area contributed by atoms with Gasteiger partial charge in [0, 0.05) is 13.1 Å². The van der Waals surface area contributed by atoms with Crippen molar-refractivity contribution in [1.29, 1.82) is 0 Å². The minimum atomic E-state index is -0.893. The molecule has 154 valence electrons. The van der Waals surface area contributed by atoms with Crippen molar-refractivity contribution in [1.82, 2.24) is 9.80 Å². The van der Waals surface area contributed by atoms with Crippen LogP contribution in [-0.2, 0) is 9.59 Å². The Morgan fingerprint density at radius 1 is 0.846 bits per heavy atom. The fourth-order valence-corrected chi connectivity index (χ4v) is 3.35. The number of carboxylic acids is 1. The molecule has 2 unspecified atom stereocenters. The van der Waals surface area contributed by atoms with E-state index in [4.69, 9.17) is 5.11 Å². The molecule has 0 aromatic heterocycles. The third kappa shape index (κ3) is 11.5. The number of likely N-dealkylation sites (N-methyl/N-ethyl adjacent to an activating group) is 1. The van der Waals surface area contributed by atoms with Gasteiger partial charge in [-0.05, 0) is 31.7 Å². The molecule has 0 radical (unpaired) electrons. The van der Waals surface area contributed by atoms with Crippen LogP contribution in [0, 0.1) is 11.8 Å². The van der Waals surface area contributed by atoms with Crippen molar-refractivity contribution in [3.05, 3.63) is 0 Å². The molecule has 1 N–H and O–H groups in total. The van der Waals surface area contributed by atoms with Crippen LogP contribution in [0.3, 0.4) is 0 Å². The smallest absolute Gasteiger partial charge is 0.317 e. The maximum Gasteiger partial charge on any atom is 0.317 e. The van der Waals surface area contributed by atoms with E-state index in [0.29, 0.717) is 11.8 Å². The van der Waals surface area contributed by atoms with Gasteiger partial charge in [-0.25, -0.2) is 0 Å². The third-order valence-corrected chi connectivity index (χ3v) is 5.21. The maximum atomic E-state index is 12.9. The summed E-state index contributed by atoms with van der Waals surface area (Å²) in [7, 11) is 1.70. The van der Waals surface area contributed by atoms with Crippen LogP contribution in [-0.4, -0.2) is 60.0 Å². The Kier molecular flexibility index (Phi) is 14.4. The van der Waals surface area contributed by atoms with Gasteiger partial charge < -0.3 is 10.0 Å². The lowest BCUT2D eigenvalue weighted by Crippen LogP contribution is -2.44. The summed E-state index contributed by atoms with van der Waals surface area (Å²) in [5, 5.41) is 8.93. The first kappa shape index (κ1) is 24.9. The average molecular weight is 371 g/mol. The number of nitrogens with zero attached hydrogens (tertiary/aromatic N) is 2. The molecule has 5 nitrogen and oxygen atoms in total. The number of carbonyl (C=O) groups excluding carboxylic acids is 1. The molecule has 0 aliphatic carbocycles. The van der Waals surface area contributed by atoms with Gasteiger partial charge >= 0.3 is 5.97 Å². The van der Waals surface area contributed by atoms with Crippen LogP contribution in [0.5, 0.6) is 0 Å². The number of rotatable bonds is 16. The number of amides is 1. The first-order valence-corrected chi connectivity index (χ1v) is 10.6. The first-order valence-electron chi connectivity index (χ1n) is 10.6. The highest BCUT2D eigenvalue weighted by atomic mass is 16.4. The lowest BCUT2D eigenvalue weighted by atomic mass is 9.95. The van der Waals surface area contributed by atoms with Crippen molar-refractivity contribution in [3.63, 3.8) is 0 Å². The van der Waals surface area contributed by atoms with Gasteiger partial charge in [0.25, 0.3) is 0 Å². The fraction of sp³-hybridized carbons (Fsp3) is 0.905. The summed E-state index contributed by atoms with van der Waals surface area (Å²) in [5.74, 6) is 0.244. The van der Waals surface area contributed by atoms with E-state index >= 15 is 0 Å². The van der Waals surface area contributed by atoms with Gasteiger partial charge in [0.05, 0.1) is 13.1 Å². The van der Waals surface area contributed by atoms with Crippen LogP contribution < -0.4 is 0 Å². The molecule has 0 bridgehead atoms. The predicted octanol–water partition coefficient (Wildman–Crippen LogP) is 4.26. The molecule has 0 fully saturated rings. The zero-order chi connectivity index (χ0) is 19.9. The van der Waals surface area contributed by atoms with E-state index in [2.05, 4.69) is 27.7 Å². The Morgan fingerprint density at radius 3 is 1.65 bits per heavy atom. The van der Waals surface area contributed by atoms with E-state index in [0.717, 1.165) is 38.8 Å². The van der Waals surface area contributed by atoms with Crippen LogP contribution in [0.15, 0.2) is 0 Å². The maximum absolute atomic E-state index is 12.9. The molecule has 0 spiro atoms. The van der Waals surface area contributed by atoms with E-state index in [1.54, 1.807) is 11.9 Å². The Balaban J connectivity index is 4.98. The zero-order valence-electron chi connectivity index (χ0n) is 17.8. The number of carboxylic acid groups (broad SMARTS) is 1. The van der Waals surface area contributed by atoms with Crippen molar-refractivity contribution in [3.8, 4) is 0 Å². The summed E-state index contributed by atoms with van der Waals surface area (Å²) in [6.45, 7) is 10.5. The minimum Gasteiger partial charge on any atom is -0.480 e. The Labute approximate surface area is 161 Å². The molecule has 0 saturated carbocycles. The van der Waals surface area contributed by atoms with Gasteiger partial charge in [0.2, 0.25) is 5.91 Å². The van der Waals surface area contributed by atoms with Gasteiger partial charge in [-0.2, -0.15) is 0 Å². The predicted molar refractivity (Wildman–Crippen MR) is 108 cm³/mol. The van der Waals surface area contributed by atoms with Crippen LogP contribution in [0.25, 0.3) is 0 Å². The normalized spacial score (nSPS) is 13.6. The third-order valence-electron chi connectivity index (χ3n) is 5.21. The van der Waals surface area contributed by atoms with Crippen molar-refractivity contribution >= 4 is 11.9 Å². The molecule has 1 amide bonds. The second kappa shape index (κ2) is 15.0. The summed E-state index contributed by atoms with van der Waals surface area (Å²) in [5.41, 5.74) is 0. The van der Waals surface area contributed by atoms with Crippen LogP contribution >= 0.6 is 0 Å². The molecule has 2 atom stereocenters. The fourth-order valence-electron chi connectivity index (χ4n) is 3.35. The Morgan fingerprint density at radius 2 is 1.31 bits per heavy atom. The minimum absolute atomic E-state index is 0.0682. The van der Waals surface area contributed by atoms with Crippen molar-refractivity contribution in [2.24, 2.45) is 11.8 Å². The molecular formula is C21H42N2O3. The van der Waals surface area contributed by atoms with Crippen LogP contribution in [0.4, 0.5) is 0 Å². The molecule has 0 heterocycles. The number of aliphatic carboxylic acids is 1. The Bertz CT molecular complexity index is 369. The second-order valence-electron chi connectivity index (χ2n) is 7.70. The lowest BCUT2D eigenvalue weighted by Gasteiger charge is -2.32. The monoisotopic (exact) mass is 370 g/mol. The standard InChI is InChI=1S/C21H42N2O3/c1-6-10-12-18(8-3)14-23(15-19(9-4)13-11-7-2)20(24)16-22(5)17-21(25)26/h18-19H,6-17H2,1-5H3,(H,25,26). The van der Waals surface area contributed by atoms with Gasteiger partial charge in [0.1, 0.15) is 0 Å². The van der Waals surface area contributed by atoms with E-state index in [9.17, 15) is 9.59 Å². The molecule has 0 aromatic carbocycles. The summed E-state index contributed by atoms with van der Waals surface area (Å²) in [6.07, 6.45) is 9.25. The zero-order valence-corrected chi connectivity index (χ0v) is 17.8. The number of hydrogen-bond acceptors (Lipinski definition) is 3. The highest BCUT2D eigenvalue weighted by Gasteiger charge is 2.22. The summed E-state index contributed by atoms with van der Waals surface area (Å²) < 4.78 is 0. The van der Waals surface area contributed by atoms with E-state index in [1.165, 1.54) is 25.7 Å². The summed E-state index contributed by atoms with van der Waals surface area (Å²) in [6, 6.07) is 0. The SMILES string of the molecule is CCCCC(CC)CN(CC(CC)CCCC)C(=O)CN(C)CC(=O)O. The molecule has 26 heavy (non-hydrogen) atoms. The summed E-state index contributed by atoms with van der Waals surface area (Å²) in [4.78, 5) is 27.4. The van der Waals surface area contributed by atoms with Gasteiger partial charge in [0.15, 0.2) is 0 Å². The quantitative estimate of drug-likeness (QED) is 0.441. The number of unbranched alkanes of at least 4 members (excludes halogenated alkanes) is 2. The van der Waals surface area contributed by atoms with Gasteiger partial charge in [-0.1, -0.05) is 66.2 Å². The molecule has 0 aromatic rings. The molecule has 0 aliphatic rings. The highest BCUT2D eigenvalue weighted by Crippen LogP contribution is 2.19. The van der Waals surface area contributed by atoms with Crippen molar-refractivity contribution < 1.29 is 14.7 Å². The molecule has 5 heteroatoms. The Hall–Kier alpha value is -1.10. The number of hydrogen-bond donors (Lipinski definition) is 1. The summed E-state index contributed by atoms with van der Waals surface area (Å²) >= 11 is 0. The topological polar surface area (TPSA) is 60.9 Å². The van der Waals surface area contributed by atoms with E-state index < -0.39 is 5.97 Å². The van der Waals surface area contributed by atoms with Crippen LogP contribution in [0.2, 0.25) is 0 Å². The highest BCUT2D eigenvalue weighted by molar-refractivity contribution is 5.79. The van der Waals surface area contributed by atoms with Gasteiger partial charge in [-0.3, -0.25) is 14.5 Å². The van der Waals surface area contributed by atoms with E-state index in [-0.39, 0.29) is 19.0 Å². The van der Waals surface area contributed by atoms with Crippen molar-refractivity contribution in [2.75, 3.05) is 33.2 Å². The second-order valence-corrected chi connectivity index (χ2v) is 7.70. The molecule has 0 rings (SSSR count). The average Bonchev–Trinajstić information content (AvgIpc) is 2.59. The largest absolute Gasteiger partial charge is 0.480 e. The first-order chi connectivity index (χ1) is 12.4. The van der Waals surface area contributed by atoms with Crippen LogP contribution in [0.1, 0.15) is 79.1 Å². The molecule has 0 saturated heterocycles. The van der Waals surface area contributed by atoms with Crippen molar-refractivity contribution in [2.45, 2.75) is 79.1 Å². The lowest BCUT2D eigenvalue weighted by molar-refractivity contribution is -0.139. The van der Waals surface area contributed by atoms with E-state index in [1.807, 2.05) is 4.90 Å². The molecule has 0 aliphatic heterocycles. The van der Waals surface area contributed by atoms with Gasteiger partial charge in [-0.15, -0.1) is 0 Å². The molecular weight excluding hydrogens is 328 g/mol.